The number of nitrogen functional groups attached to an aromatic ring is 1. The second kappa shape index (κ2) is 7.44. The standard InChI is InChI=1S/C17H23N7O2/c1-3-12(8-25)21-17-22-15(14-16(23-17)24(2)9-20-14)19-7-10-6-11(18)4-5-13(10)26/h4-6,9,12,25-26H,3,7-8,18H2,1-2H3,(H2,19,21,22,23). The molecule has 3 aromatic rings. The lowest BCUT2D eigenvalue weighted by Crippen LogP contribution is -2.24. The van der Waals surface area contributed by atoms with E-state index < -0.39 is 0 Å². The number of aliphatic hydroxyl groups is 1. The molecule has 6 N–H and O–H groups in total. The van der Waals surface area contributed by atoms with E-state index in [4.69, 9.17) is 5.73 Å². The summed E-state index contributed by atoms with van der Waals surface area (Å²) in [7, 11) is 1.85. The van der Waals surface area contributed by atoms with Gasteiger partial charge in [0.25, 0.3) is 0 Å². The molecule has 0 saturated heterocycles. The molecule has 3 rings (SSSR count). The molecule has 0 bridgehead atoms. The minimum atomic E-state index is -0.133. The average molecular weight is 357 g/mol. The molecule has 0 aliphatic rings. The van der Waals surface area contributed by atoms with Crippen molar-refractivity contribution < 1.29 is 10.2 Å². The van der Waals surface area contributed by atoms with E-state index in [1.165, 1.54) is 0 Å². The Kier molecular flexibility index (Phi) is 5.08. The lowest BCUT2D eigenvalue weighted by Gasteiger charge is -2.15. The number of nitrogens with two attached hydrogens (primary N) is 1. The lowest BCUT2D eigenvalue weighted by molar-refractivity contribution is 0.271. The summed E-state index contributed by atoms with van der Waals surface area (Å²) in [5.74, 6) is 1.09. The number of benzene rings is 1. The van der Waals surface area contributed by atoms with Gasteiger partial charge in [0.1, 0.15) is 5.75 Å². The molecule has 2 heterocycles. The molecule has 0 saturated carbocycles. The van der Waals surface area contributed by atoms with Crippen molar-refractivity contribution in [1.29, 1.82) is 0 Å². The number of nitrogens with one attached hydrogen (secondary N) is 2. The van der Waals surface area contributed by atoms with Crippen LogP contribution in [0.25, 0.3) is 11.2 Å². The van der Waals surface area contributed by atoms with Gasteiger partial charge in [-0.15, -0.1) is 0 Å². The number of aryl methyl sites for hydroxylation is 1. The van der Waals surface area contributed by atoms with Gasteiger partial charge < -0.3 is 31.1 Å². The Bertz CT molecular complexity index is 906. The molecule has 1 unspecified atom stereocenters. The van der Waals surface area contributed by atoms with Crippen LogP contribution in [0.1, 0.15) is 18.9 Å². The van der Waals surface area contributed by atoms with Gasteiger partial charge in [0.15, 0.2) is 17.0 Å². The molecule has 26 heavy (non-hydrogen) atoms. The first kappa shape index (κ1) is 17.7. The summed E-state index contributed by atoms with van der Waals surface area (Å²) in [5.41, 5.74) is 8.30. The molecule has 138 valence electrons. The Morgan fingerprint density at radius 1 is 1.31 bits per heavy atom. The Morgan fingerprint density at radius 2 is 2.12 bits per heavy atom. The first-order valence-corrected chi connectivity index (χ1v) is 8.39. The maximum atomic E-state index is 9.98. The molecule has 9 nitrogen and oxygen atoms in total. The van der Waals surface area contributed by atoms with Crippen LogP contribution in [0.15, 0.2) is 24.5 Å². The van der Waals surface area contributed by atoms with Gasteiger partial charge in [-0.2, -0.15) is 9.97 Å². The quantitative estimate of drug-likeness (QED) is 0.317. The molecule has 9 heteroatoms. The van der Waals surface area contributed by atoms with Crippen LogP contribution in [0.2, 0.25) is 0 Å². The van der Waals surface area contributed by atoms with Crippen molar-refractivity contribution >= 4 is 28.6 Å². The number of anilines is 3. The largest absolute Gasteiger partial charge is 0.508 e. The highest BCUT2D eigenvalue weighted by molar-refractivity contribution is 5.84. The zero-order chi connectivity index (χ0) is 18.7. The van der Waals surface area contributed by atoms with Crippen LogP contribution in [0, 0.1) is 0 Å². The van der Waals surface area contributed by atoms with Crippen molar-refractivity contribution in [3.63, 3.8) is 0 Å². The number of nitrogens with zero attached hydrogens (tertiary/aromatic N) is 4. The van der Waals surface area contributed by atoms with Crippen molar-refractivity contribution in [3.05, 3.63) is 30.1 Å². The van der Waals surface area contributed by atoms with Crippen LogP contribution in [0.3, 0.4) is 0 Å². The Labute approximate surface area is 150 Å². The van der Waals surface area contributed by atoms with Crippen molar-refractivity contribution in [2.45, 2.75) is 25.9 Å². The van der Waals surface area contributed by atoms with E-state index in [0.29, 0.717) is 40.7 Å². The number of fused-ring (bicyclic) bond motifs is 1. The summed E-state index contributed by atoms with van der Waals surface area (Å²) in [6.07, 6.45) is 2.40. The summed E-state index contributed by atoms with van der Waals surface area (Å²) in [6, 6.07) is 4.77. The normalized spacial score (nSPS) is 12.3. The van der Waals surface area contributed by atoms with Crippen molar-refractivity contribution in [2.24, 2.45) is 7.05 Å². The monoisotopic (exact) mass is 357 g/mol. The predicted octanol–water partition coefficient (Wildman–Crippen LogP) is 1.45. The Balaban J connectivity index is 1.92. The average Bonchev–Trinajstić information content (AvgIpc) is 3.01. The van der Waals surface area contributed by atoms with Crippen molar-refractivity contribution in [2.75, 3.05) is 23.0 Å². The van der Waals surface area contributed by atoms with Gasteiger partial charge in [0.2, 0.25) is 5.95 Å². The Hall–Kier alpha value is -3.07. The van der Waals surface area contributed by atoms with Gasteiger partial charge in [-0.05, 0) is 24.6 Å². The first-order valence-electron chi connectivity index (χ1n) is 8.39. The SMILES string of the molecule is CCC(CO)Nc1nc(NCc2cc(N)ccc2O)c2ncn(C)c2n1. The number of hydrogen-bond donors (Lipinski definition) is 5. The fourth-order valence-corrected chi connectivity index (χ4v) is 2.58. The predicted molar refractivity (Wildman–Crippen MR) is 101 cm³/mol. The summed E-state index contributed by atoms with van der Waals surface area (Å²) < 4.78 is 1.80. The highest BCUT2D eigenvalue weighted by atomic mass is 16.3. The molecule has 0 amide bonds. The highest BCUT2D eigenvalue weighted by Gasteiger charge is 2.14. The number of hydrogen-bond acceptors (Lipinski definition) is 8. The highest BCUT2D eigenvalue weighted by Crippen LogP contribution is 2.24. The molecule has 2 aromatic heterocycles. The lowest BCUT2D eigenvalue weighted by atomic mass is 10.2. The van der Waals surface area contributed by atoms with Gasteiger partial charge in [-0.1, -0.05) is 6.92 Å². The second-order valence-electron chi connectivity index (χ2n) is 6.10. The van der Waals surface area contributed by atoms with Crippen LogP contribution >= 0.6 is 0 Å². The van der Waals surface area contributed by atoms with Gasteiger partial charge in [-0.25, -0.2) is 4.98 Å². The van der Waals surface area contributed by atoms with Gasteiger partial charge in [0, 0.05) is 24.8 Å². The summed E-state index contributed by atoms with van der Waals surface area (Å²) in [6.45, 7) is 2.29. The van der Waals surface area contributed by atoms with E-state index in [1.807, 2.05) is 14.0 Å². The summed E-state index contributed by atoms with van der Waals surface area (Å²) >= 11 is 0. The first-order chi connectivity index (χ1) is 12.5. The van der Waals surface area contributed by atoms with Crippen LogP contribution < -0.4 is 16.4 Å². The summed E-state index contributed by atoms with van der Waals surface area (Å²) in [4.78, 5) is 13.3. The van der Waals surface area contributed by atoms with Crippen molar-refractivity contribution in [1.82, 2.24) is 19.5 Å². The Morgan fingerprint density at radius 3 is 2.85 bits per heavy atom. The van der Waals surface area contributed by atoms with E-state index in [2.05, 4.69) is 25.6 Å². The smallest absolute Gasteiger partial charge is 0.227 e. The van der Waals surface area contributed by atoms with E-state index >= 15 is 0 Å². The zero-order valence-electron chi connectivity index (χ0n) is 14.8. The molecule has 0 aliphatic heterocycles. The number of phenolic OH excluding ortho intramolecular Hbond substituents is 1. The molecule has 0 spiro atoms. The maximum absolute atomic E-state index is 9.98. The number of aromatic hydroxyl groups is 1. The number of aliphatic hydroxyl groups excluding tert-OH is 1. The third-order valence-electron chi connectivity index (χ3n) is 4.16. The molecule has 1 aromatic carbocycles. The fraction of sp³-hybridized carbons (Fsp3) is 0.353. The van der Waals surface area contributed by atoms with Crippen molar-refractivity contribution in [3.8, 4) is 5.75 Å². The topological polar surface area (TPSA) is 134 Å². The van der Waals surface area contributed by atoms with E-state index in [-0.39, 0.29) is 18.4 Å². The van der Waals surface area contributed by atoms with E-state index in [0.717, 1.165) is 6.42 Å². The molecular weight excluding hydrogens is 334 g/mol. The maximum Gasteiger partial charge on any atom is 0.227 e. The van der Waals surface area contributed by atoms with Gasteiger partial charge >= 0.3 is 0 Å². The number of imidazole rings is 1. The van der Waals surface area contributed by atoms with E-state index in [1.54, 1.807) is 29.1 Å². The van der Waals surface area contributed by atoms with Gasteiger partial charge in [0.05, 0.1) is 19.0 Å². The van der Waals surface area contributed by atoms with Crippen LogP contribution in [0.5, 0.6) is 5.75 Å². The minimum Gasteiger partial charge on any atom is -0.508 e. The molecule has 0 aliphatic carbocycles. The molecule has 0 radical (unpaired) electrons. The summed E-state index contributed by atoms with van der Waals surface area (Å²) in [5, 5.41) is 25.7. The number of aromatic nitrogens is 4. The van der Waals surface area contributed by atoms with Crippen LogP contribution in [-0.4, -0.2) is 42.4 Å². The third-order valence-corrected chi connectivity index (χ3v) is 4.16. The molecular formula is C17H23N7O2. The molecule has 0 fully saturated rings. The fourth-order valence-electron chi connectivity index (χ4n) is 2.58. The van der Waals surface area contributed by atoms with Crippen LogP contribution in [0.4, 0.5) is 17.5 Å². The van der Waals surface area contributed by atoms with Crippen LogP contribution in [-0.2, 0) is 13.6 Å². The number of rotatable bonds is 7. The van der Waals surface area contributed by atoms with E-state index in [9.17, 15) is 10.2 Å². The zero-order valence-corrected chi connectivity index (χ0v) is 14.8. The second-order valence-corrected chi connectivity index (χ2v) is 6.10. The number of phenols is 1. The molecule has 1 atom stereocenters. The third kappa shape index (κ3) is 3.62. The minimum absolute atomic E-state index is 0.0107. The van der Waals surface area contributed by atoms with Gasteiger partial charge in [-0.3, -0.25) is 0 Å².